The van der Waals surface area contributed by atoms with Crippen molar-refractivity contribution in [2.75, 3.05) is 6.61 Å². The van der Waals surface area contributed by atoms with Crippen LogP contribution in [0.3, 0.4) is 0 Å². The van der Waals surface area contributed by atoms with E-state index in [1.807, 2.05) is 11.3 Å². The third-order valence-electron chi connectivity index (χ3n) is 2.34. The van der Waals surface area contributed by atoms with E-state index in [0.29, 0.717) is 5.92 Å². The summed E-state index contributed by atoms with van der Waals surface area (Å²) in [6, 6.07) is 2.18. The fraction of sp³-hybridized carbons (Fsp3) is 0.500. The van der Waals surface area contributed by atoms with Crippen molar-refractivity contribution < 1.29 is 5.11 Å². The molecule has 0 aliphatic heterocycles. The van der Waals surface area contributed by atoms with E-state index < -0.39 is 0 Å². The summed E-state index contributed by atoms with van der Waals surface area (Å²) < 4.78 is 0. The van der Waals surface area contributed by atoms with Crippen LogP contribution in [-0.4, -0.2) is 11.7 Å². The highest BCUT2D eigenvalue weighted by atomic mass is 32.1. The monoisotopic (exact) mass is 210 g/mol. The summed E-state index contributed by atoms with van der Waals surface area (Å²) in [4.78, 5) is 2.66. The first-order chi connectivity index (χ1) is 6.54. The van der Waals surface area contributed by atoms with Crippen LogP contribution in [0.1, 0.15) is 29.2 Å². The summed E-state index contributed by atoms with van der Waals surface area (Å²) >= 11 is 1.81. The molecule has 78 valence electrons. The van der Waals surface area contributed by atoms with Crippen molar-refractivity contribution in [2.45, 2.75) is 27.7 Å². The Balaban J connectivity index is 3.00. The lowest BCUT2D eigenvalue weighted by Gasteiger charge is -2.07. The van der Waals surface area contributed by atoms with Gasteiger partial charge in [0, 0.05) is 9.75 Å². The van der Waals surface area contributed by atoms with Gasteiger partial charge in [0.1, 0.15) is 0 Å². The predicted octanol–water partition coefficient (Wildman–Crippen LogP) is 3.40. The number of aryl methyl sites for hydroxylation is 2. The second-order valence-corrected chi connectivity index (χ2v) is 5.36. The van der Waals surface area contributed by atoms with E-state index in [1.165, 1.54) is 15.3 Å². The number of aliphatic hydroxyl groups excluding tert-OH is 1. The van der Waals surface area contributed by atoms with Gasteiger partial charge >= 0.3 is 0 Å². The summed E-state index contributed by atoms with van der Waals surface area (Å²) in [5, 5.41) is 9.19. The molecule has 0 atom stereocenters. The molecule has 0 aliphatic rings. The topological polar surface area (TPSA) is 20.2 Å². The summed E-state index contributed by atoms with van der Waals surface area (Å²) in [6.45, 7) is 8.61. The van der Waals surface area contributed by atoms with Gasteiger partial charge in [-0.05, 0) is 37.0 Å². The van der Waals surface area contributed by atoms with Crippen molar-refractivity contribution in [3.8, 4) is 0 Å². The van der Waals surface area contributed by atoms with E-state index in [4.69, 9.17) is 0 Å². The van der Waals surface area contributed by atoms with Crippen molar-refractivity contribution in [1.29, 1.82) is 0 Å². The van der Waals surface area contributed by atoms with Crippen LogP contribution in [0, 0.1) is 19.8 Å². The maximum Gasteiger partial charge on any atom is 0.0647 e. The Bertz CT molecular complexity index is 334. The van der Waals surface area contributed by atoms with Crippen molar-refractivity contribution in [3.05, 3.63) is 27.0 Å². The Labute approximate surface area is 90.1 Å². The molecule has 14 heavy (non-hydrogen) atoms. The van der Waals surface area contributed by atoms with Crippen LogP contribution < -0.4 is 0 Å². The Hall–Kier alpha value is -0.600. The normalized spacial score (nSPS) is 12.6. The van der Waals surface area contributed by atoms with Crippen LogP contribution in [0.15, 0.2) is 11.6 Å². The number of hydrogen-bond acceptors (Lipinski definition) is 2. The molecule has 1 aromatic heterocycles. The molecule has 1 aromatic rings. The van der Waals surface area contributed by atoms with Gasteiger partial charge in [0.05, 0.1) is 6.61 Å². The van der Waals surface area contributed by atoms with E-state index in [2.05, 4.69) is 39.8 Å². The third kappa shape index (κ3) is 2.69. The van der Waals surface area contributed by atoms with E-state index in [-0.39, 0.29) is 6.61 Å². The molecule has 0 radical (unpaired) electrons. The first-order valence-corrected chi connectivity index (χ1v) is 5.74. The third-order valence-corrected chi connectivity index (χ3v) is 3.33. The first-order valence-electron chi connectivity index (χ1n) is 4.93. The SMILES string of the molecule is Cc1cc(C=C(CO)C(C)C)c(C)s1. The molecule has 1 heterocycles. The summed E-state index contributed by atoms with van der Waals surface area (Å²) in [6.07, 6.45) is 2.11. The predicted molar refractivity (Wildman–Crippen MR) is 63.7 cm³/mol. The lowest BCUT2D eigenvalue weighted by Crippen LogP contribution is -1.98. The van der Waals surface area contributed by atoms with Crippen LogP contribution in [0.5, 0.6) is 0 Å². The number of thiophene rings is 1. The highest BCUT2D eigenvalue weighted by molar-refractivity contribution is 7.12. The van der Waals surface area contributed by atoms with Gasteiger partial charge < -0.3 is 5.11 Å². The van der Waals surface area contributed by atoms with Crippen molar-refractivity contribution in [1.82, 2.24) is 0 Å². The first kappa shape index (κ1) is 11.5. The lowest BCUT2D eigenvalue weighted by molar-refractivity contribution is 0.320. The molecule has 0 aliphatic carbocycles. The summed E-state index contributed by atoms with van der Waals surface area (Å²) in [5.74, 6) is 0.416. The minimum atomic E-state index is 0.159. The molecule has 0 amide bonds. The number of aliphatic hydroxyl groups is 1. The Morgan fingerprint density at radius 1 is 1.50 bits per heavy atom. The average molecular weight is 210 g/mol. The van der Waals surface area contributed by atoms with Gasteiger partial charge in [-0.15, -0.1) is 11.3 Å². The summed E-state index contributed by atoms with van der Waals surface area (Å²) in [5.41, 5.74) is 2.36. The van der Waals surface area contributed by atoms with Crippen molar-refractivity contribution in [2.24, 2.45) is 5.92 Å². The van der Waals surface area contributed by atoms with Crippen LogP contribution in [0.4, 0.5) is 0 Å². The standard InChI is InChI=1S/C12H18OS/c1-8(2)12(7-13)6-11-5-9(3)14-10(11)4/h5-6,8,13H,7H2,1-4H3. The molecule has 2 heteroatoms. The van der Waals surface area contributed by atoms with Gasteiger partial charge in [-0.25, -0.2) is 0 Å². The molecule has 0 fully saturated rings. The Morgan fingerprint density at radius 2 is 2.14 bits per heavy atom. The molecular weight excluding hydrogens is 192 g/mol. The highest BCUT2D eigenvalue weighted by Crippen LogP contribution is 2.24. The second kappa shape index (κ2) is 4.76. The van der Waals surface area contributed by atoms with E-state index >= 15 is 0 Å². The van der Waals surface area contributed by atoms with E-state index in [9.17, 15) is 5.11 Å². The maximum atomic E-state index is 9.19. The number of rotatable bonds is 3. The van der Waals surface area contributed by atoms with Crippen LogP contribution in [0.2, 0.25) is 0 Å². The van der Waals surface area contributed by atoms with Gasteiger partial charge in [0.2, 0.25) is 0 Å². The maximum absolute atomic E-state index is 9.19. The van der Waals surface area contributed by atoms with Gasteiger partial charge in [-0.1, -0.05) is 19.9 Å². The number of hydrogen-bond donors (Lipinski definition) is 1. The smallest absolute Gasteiger partial charge is 0.0647 e. The van der Waals surface area contributed by atoms with Gasteiger partial charge in [0.25, 0.3) is 0 Å². The fourth-order valence-electron chi connectivity index (χ4n) is 1.39. The van der Waals surface area contributed by atoms with Crippen molar-refractivity contribution >= 4 is 17.4 Å². The second-order valence-electron chi connectivity index (χ2n) is 3.90. The van der Waals surface area contributed by atoms with E-state index in [0.717, 1.165) is 5.57 Å². The van der Waals surface area contributed by atoms with Crippen LogP contribution >= 0.6 is 11.3 Å². The molecule has 0 bridgehead atoms. The molecule has 0 aromatic carbocycles. The van der Waals surface area contributed by atoms with Crippen LogP contribution in [0.25, 0.3) is 6.08 Å². The molecule has 0 saturated carbocycles. The zero-order valence-corrected chi connectivity index (χ0v) is 10.1. The molecular formula is C12H18OS. The van der Waals surface area contributed by atoms with Gasteiger partial charge in [0.15, 0.2) is 0 Å². The molecule has 1 N–H and O–H groups in total. The molecule has 1 rings (SSSR count). The Morgan fingerprint density at radius 3 is 2.50 bits per heavy atom. The average Bonchev–Trinajstić information content (AvgIpc) is 2.40. The van der Waals surface area contributed by atoms with Crippen LogP contribution in [-0.2, 0) is 0 Å². The molecule has 0 spiro atoms. The van der Waals surface area contributed by atoms with Gasteiger partial charge in [-0.2, -0.15) is 0 Å². The Kier molecular flexibility index (Phi) is 3.90. The summed E-state index contributed by atoms with van der Waals surface area (Å²) in [7, 11) is 0. The molecule has 1 nitrogen and oxygen atoms in total. The van der Waals surface area contributed by atoms with E-state index in [1.54, 1.807) is 0 Å². The zero-order chi connectivity index (χ0) is 10.7. The fourth-order valence-corrected chi connectivity index (χ4v) is 2.29. The molecule has 0 saturated heterocycles. The lowest BCUT2D eigenvalue weighted by atomic mass is 10.0. The van der Waals surface area contributed by atoms with Gasteiger partial charge in [-0.3, -0.25) is 0 Å². The minimum absolute atomic E-state index is 0.159. The van der Waals surface area contributed by atoms with Crippen molar-refractivity contribution in [3.63, 3.8) is 0 Å². The minimum Gasteiger partial charge on any atom is -0.392 e. The highest BCUT2D eigenvalue weighted by Gasteiger charge is 2.05. The largest absolute Gasteiger partial charge is 0.392 e. The zero-order valence-electron chi connectivity index (χ0n) is 9.29. The quantitative estimate of drug-likeness (QED) is 0.810. The molecule has 0 unspecified atom stereocenters.